The number of carbonyl (C=O) groups excluding carboxylic acids is 1. The number of likely N-dealkylation sites (N-methyl/N-ethyl adjacent to an activating group) is 1. The van der Waals surface area contributed by atoms with Crippen molar-refractivity contribution in [1.29, 1.82) is 0 Å². The molecular weight excluding hydrogens is 268 g/mol. The lowest BCUT2D eigenvalue weighted by Gasteiger charge is -2.15. The molecule has 0 radical (unpaired) electrons. The maximum atomic E-state index is 11.7. The Labute approximate surface area is 124 Å². The van der Waals surface area contributed by atoms with E-state index in [2.05, 4.69) is 10.4 Å². The predicted octanol–water partition coefficient (Wildman–Crippen LogP) is 1.07. The number of hydrogen-bond acceptors (Lipinski definition) is 3. The molecule has 2 rings (SSSR count). The molecule has 0 spiro atoms. The fourth-order valence-corrected chi connectivity index (χ4v) is 1.92. The van der Waals surface area contributed by atoms with Gasteiger partial charge in [-0.3, -0.25) is 4.68 Å². The number of hydrogen-bond donors (Lipinski definition) is 2. The maximum Gasteiger partial charge on any atom is 0.317 e. The highest BCUT2D eigenvalue weighted by atomic mass is 16.3. The summed E-state index contributed by atoms with van der Waals surface area (Å²) in [5.74, 6) is 0. The second-order valence-electron chi connectivity index (χ2n) is 4.84. The van der Waals surface area contributed by atoms with Crippen LogP contribution >= 0.6 is 0 Å². The van der Waals surface area contributed by atoms with E-state index in [0.29, 0.717) is 19.6 Å². The molecule has 21 heavy (non-hydrogen) atoms. The van der Waals surface area contributed by atoms with Crippen molar-refractivity contribution in [1.82, 2.24) is 20.0 Å². The average molecular weight is 288 g/mol. The fraction of sp³-hybridized carbons (Fsp3) is 0.333. The third-order valence-electron chi connectivity index (χ3n) is 3.10. The molecule has 0 fully saturated rings. The standard InChI is InChI=1S/C15H20N4O2/c1-18(7-8-20)15(21)16-9-14-10-17-19(12-14)11-13-5-3-2-4-6-13/h2-6,10,12,20H,7-9,11H2,1H3,(H,16,21). The van der Waals surface area contributed by atoms with Crippen LogP contribution in [0.3, 0.4) is 0 Å². The summed E-state index contributed by atoms with van der Waals surface area (Å²) in [6.07, 6.45) is 3.66. The van der Waals surface area contributed by atoms with Crippen molar-refractivity contribution in [2.75, 3.05) is 20.2 Å². The highest BCUT2D eigenvalue weighted by Gasteiger charge is 2.07. The van der Waals surface area contributed by atoms with Gasteiger partial charge in [0.1, 0.15) is 0 Å². The first-order valence-electron chi connectivity index (χ1n) is 6.84. The Bertz CT molecular complexity index is 568. The molecule has 112 valence electrons. The maximum absolute atomic E-state index is 11.7. The molecule has 0 atom stereocenters. The molecule has 0 unspecified atom stereocenters. The van der Waals surface area contributed by atoms with E-state index in [0.717, 1.165) is 5.56 Å². The Kier molecular flexibility index (Phi) is 5.34. The quantitative estimate of drug-likeness (QED) is 0.835. The lowest BCUT2D eigenvalue weighted by molar-refractivity contribution is 0.190. The van der Waals surface area contributed by atoms with Gasteiger partial charge in [-0.1, -0.05) is 30.3 Å². The van der Waals surface area contributed by atoms with Gasteiger partial charge in [-0.2, -0.15) is 5.10 Å². The Balaban J connectivity index is 1.84. The molecule has 0 bridgehead atoms. The van der Waals surface area contributed by atoms with E-state index < -0.39 is 0 Å². The predicted molar refractivity (Wildman–Crippen MR) is 79.7 cm³/mol. The fourth-order valence-electron chi connectivity index (χ4n) is 1.92. The van der Waals surface area contributed by atoms with Crippen molar-refractivity contribution in [3.63, 3.8) is 0 Å². The first-order chi connectivity index (χ1) is 10.2. The van der Waals surface area contributed by atoms with E-state index in [9.17, 15) is 4.79 Å². The van der Waals surface area contributed by atoms with Crippen molar-refractivity contribution >= 4 is 6.03 Å². The molecule has 0 aliphatic heterocycles. The van der Waals surface area contributed by atoms with E-state index in [1.807, 2.05) is 41.2 Å². The molecule has 0 aliphatic rings. The van der Waals surface area contributed by atoms with Crippen LogP contribution in [0, 0.1) is 0 Å². The highest BCUT2D eigenvalue weighted by Crippen LogP contribution is 2.04. The van der Waals surface area contributed by atoms with Crippen molar-refractivity contribution in [2.24, 2.45) is 0 Å². The molecule has 0 saturated heterocycles. The first kappa shape index (κ1) is 15.1. The van der Waals surface area contributed by atoms with Crippen LogP contribution in [0.15, 0.2) is 42.7 Å². The SMILES string of the molecule is CN(CCO)C(=O)NCc1cnn(Cc2ccccc2)c1. The minimum Gasteiger partial charge on any atom is -0.395 e. The molecule has 2 amide bonds. The third-order valence-corrected chi connectivity index (χ3v) is 3.10. The minimum atomic E-state index is -0.208. The van der Waals surface area contributed by atoms with Crippen molar-refractivity contribution in [3.05, 3.63) is 53.9 Å². The number of benzene rings is 1. The molecule has 2 N–H and O–H groups in total. The summed E-state index contributed by atoms with van der Waals surface area (Å²) in [7, 11) is 1.64. The second-order valence-corrected chi connectivity index (χ2v) is 4.84. The summed E-state index contributed by atoms with van der Waals surface area (Å²) in [5.41, 5.74) is 2.12. The van der Waals surface area contributed by atoms with Gasteiger partial charge in [0, 0.05) is 31.9 Å². The van der Waals surface area contributed by atoms with Crippen LogP contribution in [0.25, 0.3) is 0 Å². The summed E-state index contributed by atoms with van der Waals surface area (Å²) >= 11 is 0. The number of nitrogens with one attached hydrogen (secondary N) is 1. The molecule has 1 aromatic carbocycles. The number of aliphatic hydroxyl groups excluding tert-OH is 1. The lowest BCUT2D eigenvalue weighted by atomic mass is 10.2. The Morgan fingerprint density at radius 2 is 2.10 bits per heavy atom. The van der Waals surface area contributed by atoms with Gasteiger partial charge in [0.2, 0.25) is 0 Å². The zero-order valence-corrected chi connectivity index (χ0v) is 12.1. The average Bonchev–Trinajstić information content (AvgIpc) is 2.93. The summed E-state index contributed by atoms with van der Waals surface area (Å²) in [6, 6.07) is 9.87. The Morgan fingerprint density at radius 3 is 2.81 bits per heavy atom. The van der Waals surface area contributed by atoms with Crippen molar-refractivity contribution in [3.8, 4) is 0 Å². The van der Waals surface area contributed by atoms with Gasteiger partial charge in [0.15, 0.2) is 0 Å². The number of rotatable bonds is 6. The van der Waals surface area contributed by atoms with Gasteiger partial charge >= 0.3 is 6.03 Å². The van der Waals surface area contributed by atoms with E-state index in [1.165, 1.54) is 10.5 Å². The normalized spacial score (nSPS) is 10.4. The first-order valence-corrected chi connectivity index (χ1v) is 6.84. The third kappa shape index (κ3) is 4.61. The van der Waals surface area contributed by atoms with Gasteiger partial charge in [0.05, 0.1) is 19.3 Å². The topological polar surface area (TPSA) is 70.4 Å². The largest absolute Gasteiger partial charge is 0.395 e. The van der Waals surface area contributed by atoms with E-state index in [-0.39, 0.29) is 12.6 Å². The van der Waals surface area contributed by atoms with Crippen LogP contribution in [-0.4, -0.2) is 46.0 Å². The molecule has 6 nitrogen and oxygen atoms in total. The van der Waals surface area contributed by atoms with Crippen molar-refractivity contribution in [2.45, 2.75) is 13.1 Å². The zero-order valence-electron chi connectivity index (χ0n) is 12.1. The minimum absolute atomic E-state index is 0.0427. The number of nitrogens with zero attached hydrogens (tertiary/aromatic N) is 3. The molecule has 1 heterocycles. The Morgan fingerprint density at radius 1 is 1.33 bits per heavy atom. The summed E-state index contributed by atoms with van der Waals surface area (Å²) < 4.78 is 1.84. The lowest BCUT2D eigenvalue weighted by Crippen LogP contribution is -2.38. The van der Waals surface area contributed by atoms with Crippen LogP contribution < -0.4 is 5.32 Å². The summed E-state index contributed by atoms with van der Waals surface area (Å²) in [4.78, 5) is 13.1. The molecule has 0 saturated carbocycles. The van der Waals surface area contributed by atoms with Gasteiger partial charge in [-0.05, 0) is 5.56 Å². The van der Waals surface area contributed by atoms with E-state index in [4.69, 9.17) is 5.11 Å². The van der Waals surface area contributed by atoms with Crippen LogP contribution in [0.1, 0.15) is 11.1 Å². The number of carbonyl (C=O) groups is 1. The number of aromatic nitrogens is 2. The van der Waals surface area contributed by atoms with E-state index >= 15 is 0 Å². The molecule has 6 heteroatoms. The number of urea groups is 1. The second kappa shape index (κ2) is 7.44. The van der Waals surface area contributed by atoms with Gasteiger partial charge in [0.25, 0.3) is 0 Å². The van der Waals surface area contributed by atoms with E-state index in [1.54, 1.807) is 13.2 Å². The smallest absolute Gasteiger partial charge is 0.317 e. The summed E-state index contributed by atoms with van der Waals surface area (Å²) in [5, 5.41) is 15.8. The monoisotopic (exact) mass is 288 g/mol. The van der Waals surface area contributed by atoms with Crippen LogP contribution in [-0.2, 0) is 13.1 Å². The number of amides is 2. The molecular formula is C15H20N4O2. The Hall–Kier alpha value is -2.34. The zero-order chi connectivity index (χ0) is 15.1. The molecule has 2 aromatic rings. The van der Waals surface area contributed by atoms with Gasteiger partial charge < -0.3 is 15.3 Å². The van der Waals surface area contributed by atoms with Gasteiger partial charge in [-0.25, -0.2) is 4.79 Å². The molecule has 1 aromatic heterocycles. The van der Waals surface area contributed by atoms with Crippen LogP contribution in [0.4, 0.5) is 4.79 Å². The summed E-state index contributed by atoms with van der Waals surface area (Å²) in [6.45, 7) is 1.40. The van der Waals surface area contributed by atoms with Gasteiger partial charge in [-0.15, -0.1) is 0 Å². The van der Waals surface area contributed by atoms with Crippen LogP contribution in [0.5, 0.6) is 0 Å². The molecule has 0 aliphatic carbocycles. The van der Waals surface area contributed by atoms with Crippen molar-refractivity contribution < 1.29 is 9.90 Å². The highest BCUT2D eigenvalue weighted by molar-refractivity contribution is 5.73. The van der Waals surface area contributed by atoms with Crippen LogP contribution in [0.2, 0.25) is 0 Å². The number of aliphatic hydroxyl groups is 1.